The van der Waals surface area contributed by atoms with Gasteiger partial charge in [0.1, 0.15) is 0 Å². The maximum atomic E-state index is 12.0. The molecular formula is C14H19IN2O. The molecule has 0 spiro atoms. The van der Waals surface area contributed by atoms with Gasteiger partial charge >= 0.3 is 0 Å². The summed E-state index contributed by atoms with van der Waals surface area (Å²) in [4.78, 5) is 14.4. The molecule has 98 valence electrons. The van der Waals surface area contributed by atoms with Crippen LogP contribution in [-0.4, -0.2) is 37.0 Å². The molecule has 1 fully saturated rings. The third kappa shape index (κ3) is 3.68. The molecular weight excluding hydrogens is 339 g/mol. The maximum absolute atomic E-state index is 12.0. The maximum Gasteiger partial charge on any atom is 0.251 e. The first kappa shape index (κ1) is 13.8. The van der Waals surface area contributed by atoms with Crippen LogP contribution in [0.25, 0.3) is 0 Å². The van der Waals surface area contributed by atoms with Crippen LogP contribution in [0.3, 0.4) is 0 Å². The average Bonchev–Trinajstić information content (AvgIpc) is 2.37. The van der Waals surface area contributed by atoms with E-state index in [0.717, 1.165) is 22.2 Å². The van der Waals surface area contributed by atoms with Crippen molar-refractivity contribution in [3.63, 3.8) is 0 Å². The van der Waals surface area contributed by atoms with E-state index >= 15 is 0 Å². The van der Waals surface area contributed by atoms with Gasteiger partial charge in [0.15, 0.2) is 0 Å². The normalized spacial score (nSPS) is 20.7. The highest BCUT2D eigenvalue weighted by Gasteiger charge is 2.19. The molecule has 0 radical (unpaired) electrons. The number of halogens is 1. The first-order chi connectivity index (χ1) is 8.66. The van der Waals surface area contributed by atoms with Gasteiger partial charge in [0.2, 0.25) is 0 Å². The third-order valence-corrected chi connectivity index (χ3v) is 4.18. The smallest absolute Gasteiger partial charge is 0.251 e. The molecule has 0 aromatic heterocycles. The molecule has 1 aromatic rings. The lowest BCUT2D eigenvalue weighted by Crippen LogP contribution is -2.44. The Labute approximate surface area is 122 Å². The molecule has 18 heavy (non-hydrogen) atoms. The largest absolute Gasteiger partial charge is 0.350 e. The lowest BCUT2D eigenvalue weighted by molar-refractivity contribution is 0.0928. The predicted molar refractivity (Wildman–Crippen MR) is 81.8 cm³/mol. The molecule has 3 nitrogen and oxygen atoms in total. The molecule has 0 aliphatic carbocycles. The van der Waals surface area contributed by atoms with Crippen LogP contribution < -0.4 is 5.32 Å². The van der Waals surface area contributed by atoms with Crippen LogP contribution >= 0.6 is 22.6 Å². The highest BCUT2D eigenvalue weighted by Crippen LogP contribution is 2.14. The van der Waals surface area contributed by atoms with E-state index in [9.17, 15) is 4.79 Å². The summed E-state index contributed by atoms with van der Waals surface area (Å²) in [5.74, 6) is 0.0347. The summed E-state index contributed by atoms with van der Waals surface area (Å²) in [5, 5.41) is 3.04. The van der Waals surface area contributed by atoms with Crippen LogP contribution in [0.15, 0.2) is 24.3 Å². The zero-order chi connectivity index (χ0) is 13.0. The summed E-state index contributed by atoms with van der Waals surface area (Å²) in [7, 11) is 2.14. The number of rotatable bonds is 3. The van der Waals surface area contributed by atoms with Crippen LogP contribution in [0.1, 0.15) is 29.6 Å². The Morgan fingerprint density at radius 2 is 2.33 bits per heavy atom. The quantitative estimate of drug-likeness (QED) is 0.843. The molecule has 1 aromatic carbocycles. The molecule has 1 unspecified atom stereocenters. The van der Waals surface area contributed by atoms with Crippen molar-refractivity contribution in [1.29, 1.82) is 0 Å². The molecule has 0 saturated carbocycles. The number of piperidine rings is 1. The lowest BCUT2D eigenvalue weighted by Gasteiger charge is -2.32. The molecule has 1 heterocycles. The number of likely N-dealkylation sites (tertiary alicyclic amines) is 1. The molecule has 2 rings (SSSR count). The van der Waals surface area contributed by atoms with Gasteiger partial charge in [-0.15, -0.1) is 0 Å². The Hall–Kier alpha value is -0.620. The van der Waals surface area contributed by atoms with Gasteiger partial charge in [0, 0.05) is 21.7 Å². The van der Waals surface area contributed by atoms with Gasteiger partial charge in [-0.25, -0.2) is 0 Å². The molecule has 1 saturated heterocycles. The first-order valence-corrected chi connectivity index (χ1v) is 7.48. The number of carbonyl (C=O) groups excluding carboxylic acids is 1. The van der Waals surface area contributed by atoms with Gasteiger partial charge in [0.05, 0.1) is 0 Å². The topological polar surface area (TPSA) is 32.3 Å². The number of hydrogen-bond donors (Lipinski definition) is 1. The summed E-state index contributed by atoms with van der Waals surface area (Å²) in [6, 6.07) is 8.18. The minimum atomic E-state index is 0.0347. The van der Waals surface area contributed by atoms with Crippen molar-refractivity contribution < 1.29 is 4.79 Å². The van der Waals surface area contributed by atoms with E-state index in [4.69, 9.17) is 0 Å². The summed E-state index contributed by atoms with van der Waals surface area (Å²) >= 11 is 2.23. The van der Waals surface area contributed by atoms with Crippen molar-refractivity contribution in [3.05, 3.63) is 33.4 Å². The number of amides is 1. The summed E-state index contributed by atoms with van der Waals surface area (Å²) in [6.45, 7) is 1.89. The van der Waals surface area contributed by atoms with Crippen molar-refractivity contribution >= 4 is 28.5 Å². The second kappa shape index (κ2) is 6.52. The van der Waals surface area contributed by atoms with Crippen molar-refractivity contribution in [3.8, 4) is 0 Å². The van der Waals surface area contributed by atoms with Crippen molar-refractivity contribution in [2.45, 2.75) is 25.3 Å². The fourth-order valence-corrected chi connectivity index (χ4v) is 2.89. The second-order valence-corrected chi connectivity index (χ2v) is 6.10. The fourth-order valence-electron chi connectivity index (χ4n) is 2.34. The van der Waals surface area contributed by atoms with E-state index in [1.54, 1.807) is 0 Å². The third-order valence-electron chi connectivity index (χ3n) is 3.51. The Morgan fingerprint density at radius 1 is 1.50 bits per heavy atom. The van der Waals surface area contributed by atoms with E-state index in [1.807, 2.05) is 24.3 Å². The van der Waals surface area contributed by atoms with Gasteiger partial charge < -0.3 is 10.2 Å². The van der Waals surface area contributed by atoms with Gasteiger partial charge in [-0.3, -0.25) is 4.79 Å². The fraction of sp³-hybridized carbons (Fsp3) is 0.500. The Bertz CT molecular complexity index is 422. The van der Waals surface area contributed by atoms with Crippen molar-refractivity contribution in [2.24, 2.45) is 0 Å². The van der Waals surface area contributed by atoms with Gasteiger partial charge in [0.25, 0.3) is 5.91 Å². The van der Waals surface area contributed by atoms with Gasteiger partial charge in [-0.1, -0.05) is 12.5 Å². The Balaban J connectivity index is 1.88. The highest BCUT2D eigenvalue weighted by molar-refractivity contribution is 14.1. The standard InChI is InChI=1S/C14H19IN2O/c1-17-8-3-2-7-13(17)10-16-14(18)11-5-4-6-12(15)9-11/h4-6,9,13H,2-3,7-8,10H2,1H3,(H,16,18). The zero-order valence-corrected chi connectivity index (χ0v) is 12.8. The van der Waals surface area contributed by atoms with Crippen molar-refractivity contribution in [1.82, 2.24) is 10.2 Å². The molecule has 1 amide bonds. The van der Waals surface area contributed by atoms with Crippen LogP contribution in [0.2, 0.25) is 0 Å². The second-order valence-electron chi connectivity index (χ2n) is 4.85. The molecule has 1 atom stereocenters. The van der Waals surface area contributed by atoms with E-state index < -0.39 is 0 Å². The van der Waals surface area contributed by atoms with E-state index in [2.05, 4.69) is 39.9 Å². The Morgan fingerprint density at radius 3 is 3.06 bits per heavy atom. The number of hydrogen-bond acceptors (Lipinski definition) is 2. The van der Waals surface area contributed by atoms with Gasteiger partial charge in [-0.2, -0.15) is 0 Å². The molecule has 1 aliphatic rings. The van der Waals surface area contributed by atoms with Crippen molar-refractivity contribution in [2.75, 3.05) is 20.1 Å². The summed E-state index contributed by atoms with van der Waals surface area (Å²) in [5.41, 5.74) is 0.750. The number of likely N-dealkylation sites (N-methyl/N-ethyl adjacent to an activating group) is 1. The van der Waals surface area contributed by atoms with Crippen LogP contribution in [-0.2, 0) is 0 Å². The monoisotopic (exact) mass is 358 g/mol. The lowest BCUT2D eigenvalue weighted by atomic mass is 10.0. The predicted octanol–water partition coefficient (Wildman–Crippen LogP) is 2.51. The molecule has 0 bridgehead atoms. The highest BCUT2D eigenvalue weighted by atomic mass is 127. The summed E-state index contributed by atoms with van der Waals surface area (Å²) in [6.07, 6.45) is 3.73. The average molecular weight is 358 g/mol. The molecule has 1 N–H and O–H groups in total. The minimum Gasteiger partial charge on any atom is -0.350 e. The number of benzene rings is 1. The molecule has 4 heteroatoms. The van der Waals surface area contributed by atoms with E-state index in [0.29, 0.717) is 6.04 Å². The Kier molecular flexibility index (Phi) is 5.00. The molecule has 1 aliphatic heterocycles. The van der Waals surface area contributed by atoms with E-state index in [-0.39, 0.29) is 5.91 Å². The van der Waals surface area contributed by atoms with E-state index in [1.165, 1.54) is 19.3 Å². The minimum absolute atomic E-state index is 0.0347. The number of nitrogens with one attached hydrogen (secondary N) is 1. The van der Waals surface area contributed by atoms with Crippen LogP contribution in [0, 0.1) is 3.57 Å². The SMILES string of the molecule is CN1CCCCC1CNC(=O)c1cccc(I)c1. The van der Waals surface area contributed by atoms with Gasteiger partial charge in [-0.05, 0) is 67.2 Å². The van der Waals surface area contributed by atoms with Crippen LogP contribution in [0.4, 0.5) is 0 Å². The van der Waals surface area contributed by atoms with Crippen LogP contribution in [0.5, 0.6) is 0 Å². The zero-order valence-electron chi connectivity index (χ0n) is 10.7. The number of nitrogens with zero attached hydrogens (tertiary/aromatic N) is 1. The summed E-state index contributed by atoms with van der Waals surface area (Å²) < 4.78 is 1.09. The first-order valence-electron chi connectivity index (χ1n) is 6.41. The number of carbonyl (C=O) groups is 1.